The van der Waals surface area contributed by atoms with Gasteiger partial charge in [0.25, 0.3) is 0 Å². The smallest absolute Gasteiger partial charge is 0.194 e. The SMILES string of the molecule is [C-]#[N+]c1ccc(-c2ccc3c(c2)C2(c4ccccc4O3)c3ccccc3-c3ccc(-c4ccc(-c5nc(-c6ccccc6)nc(-c6ccccc6)n5)cc4)cc32)c2ccccc12. The maximum absolute atomic E-state index is 7.85. The summed E-state index contributed by atoms with van der Waals surface area (Å²) in [5, 5.41) is 2.00. The van der Waals surface area contributed by atoms with Crippen LogP contribution in [-0.2, 0) is 5.41 Å². The third-order valence-corrected chi connectivity index (χ3v) is 12.4. The van der Waals surface area contributed by atoms with E-state index in [0.29, 0.717) is 23.2 Å². The monoisotopic (exact) mass is 790 g/mol. The van der Waals surface area contributed by atoms with Gasteiger partial charge in [0, 0.05) is 27.8 Å². The zero-order valence-electron chi connectivity index (χ0n) is 33.3. The van der Waals surface area contributed by atoms with Crippen LogP contribution < -0.4 is 4.74 Å². The van der Waals surface area contributed by atoms with E-state index in [0.717, 1.165) is 72.3 Å². The standard InChI is InChI=1S/C57H34N4O/c1-58-51-32-31-42(43-18-8-9-20-46(43)51)41-29-33-53-50(35-41)57(48-22-12-13-23-52(48)62-53)47-21-11-10-19-44(47)45-30-28-40(34-49(45)57)36-24-26-39(27-25-36)56-60-54(37-14-4-2-5-15-37)59-55(61-56)38-16-6-3-7-17-38/h2-35H. The van der Waals surface area contributed by atoms with Gasteiger partial charge in [-0.1, -0.05) is 182 Å². The molecule has 62 heavy (non-hydrogen) atoms. The van der Waals surface area contributed by atoms with E-state index < -0.39 is 5.41 Å². The Bertz CT molecular complexity index is 3390. The number of para-hydroxylation sites is 1. The lowest BCUT2D eigenvalue weighted by Crippen LogP contribution is -2.32. The predicted octanol–water partition coefficient (Wildman–Crippen LogP) is 14.4. The normalized spacial score (nSPS) is 14.3. The van der Waals surface area contributed by atoms with E-state index in [2.05, 4.69) is 126 Å². The molecule has 0 radical (unpaired) electrons. The average molecular weight is 791 g/mol. The van der Waals surface area contributed by atoms with Crippen LogP contribution in [0.15, 0.2) is 206 Å². The van der Waals surface area contributed by atoms with Crippen LogP contribution in [0.2, 0.25) is 0 Å². The first-order valence-electron chi connectivity index (χ1n) is 20.7. The second-order valence-corrected chi connectivity index (χ2v) is 15.8. The number of aromatic nitrogens is 3. The molecular formula is C57H34N4O. The average Bonchev–Trinajstić information content (AvgIpc) is 3.64. The minimum atomic E-state index is -0.666. The lowest BCUT2D eigenvalue weighted by molar-refractivity contribution is 0.436. The van der Waals surface area contributed by atoms with Crippen LogP contribution in [0.5, 0.6) is 11.5 Å². The lowest BCUT2D eigenvalue weighted by atomic mass is 9.65. The van der Waals surface area contributed by atoms with Crippen LogP contribution in [0.1, 0.15) is 22.3 Å². The molecule has 9 aromatic carbocycles. The molecule has 1 spiro atoms. The maximum atomic E-state index is 7.85. The molecule has 0 fully saturated rings. The van der Waals surface area contributed by atoms with Crippen LogP contribution in [0, 0.1) is 6.57 Å². The van der Waals surface area contributed by atoms with Crippen LogP contribution in [0.3, 0.4) is 0 Å². The largest absolute Gasteiger partial charge is 0.457 e. The number of benzene rings is 9. The molecule has 5 heteroatoms. The van der Waals surface area contributed by atoms with E-state index in [1.54, 1.807) is 0 Å². The summed E-state index contributed by atoms with van der Waals surface area (Å²) in [5.74, 6) is 3.56. The number of fused-ring (bicyclic) bond motifs is 10. The molecule has 2 aliphatic rings. The van der Waals surface area contributed by atoms with Gasteiger partial charge in [-0.25, -0.2) is 19.8 Å². The third-order valence-electron chi connectivity index (χ3n) is 12.4. The maximum Gasteiger partial charge on any atom is 0.194 e. The van der Waals surface area contributed by atoms with Crippen LogP contribution >= 0.6 is 0 Å². The summed E-state index contributed by atoms with van der Waals surface area (Å²) in [6.07, 6.45) is 0. The molecule has 10 aromatic rings. The molecule has 1 unspecified atom stereocenters. The Kier molecular flexibility index (Phi) is 8.06. The van der Waals surface area contributed by atoms with Crippen molar-refractivity contribution in [2.24, 2.45) is 0 Å². The number of rotatable bonds is 5. The molecule has 0 bridgehead atoms. The van der Waals surface area contributed by atoms with Gasteiger partial charge in [-0.05, 0) is 79.5 Å². The van der Waals surface area contributed by atoms with Gasteiger partial charge in [0.2, 0.25) is 0 Å². The summed E-state index contributed by atoms with van der Waals surface area (Å²) in [4.78, 5) is 18.7. The van der Waals surface area contributed by atoms with E-state index in [-0.39, 0.29) is 0 Å². The minimum Gasteiger partial charge on any atom is -0.457 e. The highest BCUT2D eigenvalue weighted by Crippen LogP contribution is 2.63. The fourth-order valence-electron chi connectivity index (χ4n) is 9.63. The molecule has 1 atom stereocenters. The number of nitrogens with zero attached hydrogens (tertiary/aromatic N) is 4. The quantitative estimate of drug-likeness (QED) is 0.163. The van der Waals surface area contributed by atoms with Crippen molar-refractivity contribution in [1.29, 1.82) is 0 Å². The Morgan fingerprint density at radius 1 is 0.355 bits per heavy atom. The first-order chi connectivity index (χ1) is 30.7. The van der Waals surface area contributed by atoms with Gasteiger partial charge in [-0.3, -0.25) is 0 Å². The second kappa shape index (κ2) is 14.1. The summed E-state index contributed by atoms with van der Waals surface area (Å²) < 4.78 is 6.80. The van der Waals surface area contributed by atoms with E-state index in [9.17, 15) is 0 Å². The second-order valence-electron chi connectivity index (χ2n) is 15.8. The van der Waals surface area contributed by atoms with Crippen LogP contribution in [-0.4, -0.2) is 15.0 Å². The topological polar surface area (TPSA) is 52.3 Å². The fraction of sp³-hybridized carbons (Fsp3) is 0.0175. The van der Waals surface area contributed by atoms with Crippen molar-refractivity contribution in [3.8, 4) is 79.0 Å². The number of hydrogen-bond acceptors (Lipinski definition) is 4. The molecule has 1 aliphatic carbocycles. The van der Waals surface area contributed by atoms with Crippen molar-refractivity contribution in [2.75, 3.05) is 0 Å². The third kappa shape index (κ3) is 5.44. The van der Waals surface area contributed by atoms with Gasteiger partial charge in [-0.2, -0.15) is 0 Å². The molecular weight excluding hydrogens is 757 g/mol. The summed E-state index contributed by atoms with van der Waals surface area (Å²) in [7, 11) is 0. The van der Waals surface area contributed by atoms with E-state index in [1.807, 2.05) is 84.9 Å². The first kappa shape index (κ1) is 35.5. The number of ether oxygens (including phenoxy) is 1. The van der Waals surface area contributed by atoms with Crippen molar-refractivity contribution >= 4 is 16.5 Å². The van der Waals surface area contributed by atoms with Crippen LogP contribution in [0.25, 0.3) is 83.2 Å². The highest BCUT2D eigenvalue weighted by Gasteiger charge is 2.51. The molecule has 2 heterocycles. The van der Waals surface area contributed by atoms with Crippen LogP contribution in [0.4, 0.5) is 5.69 Å². The molecule has 1 aliphatic heterocycles. The molecule has 0 amide bonds. The van der Waals surface area contributed by atoms with Crippen molar-refractivity contribution in [3.05, 3.63) is 240 Å². The van der Waals surface area contributed by atoms with Crippen molar-refractivity contribution in [3.63, 3.8) is 0 Å². The molecule has 0 saturated carbocycles. The lowest BCUT2D eigenvalue weighted by Gasteiger charge is -2.39. The van der Waals surface area contributed by atoms with Gasteiger partial charge in [0.15, 0.2) is 23.2 Å². The molecule has 12 rings (SSSR count). The summed E-state index contributed by atoms with van der Waals surface area (Å²) in [6.45, 7) is 7.85. The van der Waals surface area contributed by atoms with E-state index in [1.165, 1.54) is 22.3 Å². The fourth-order valence-corrected chi connectivity index (χ4v) is 9.63. The Balaban J connectivity index is 1.02. The molecule has 1 aromatic heterocycles. The zero-order valence-corrected chi connectivity index (χ0v) is 33.3. The van der Waals surface area contributed by atoms with Gasteiger partial charge in [-0.15, -0.1) is 0 Å². The predicted molar refractivity (Wildman–Crippen MR) is 248 cm³/mol. The Labute approximate surface area is 359 Å². The first-order valence-corrected chi connectivity index (χ1v) is 20.7. The van der Waals surface area contributed by atoms with Gasteiger partial charge >= 0.3 is 0 Å². The minimum absolute atomic E-state index is 0.621. The summed E-state index contributed by atoms with van der Waals surface area (Å²) in [5.41, 5.74) is 14.2. The Morgan fingerprint density at radius 3 is 1.56 bits per heavy atom. The van der Waals surface area contributed by atoms with Crippen molar-refractivity contribution in [1.82, 2.24) is 15.0 Å². The van der Waals surface area contributed by atoms with Gasteiger partial charge in [0.05, 0.1) is 12.0 Å². The highest BCUT2D eigenvalue weighted by atomic mass is 16.5. The molecule has 0 saturated heterocycles. The zero-order chi connectivity index (χ0) is 41.2. The molecule has 5 nitrogen and oxygen atoms in total. The summed E-state index contributed by atoms with van der Waals surface area (Å²) >= 11 is 0. The van der Waals surface area contributed by atoms with Crippen molar-refractivity contribution < 1.29 is 4.74 Å². The highest BCUT2D eigenvalue weighted by molar-refractivity contribution is 6.04. The number of hydrogen-bond donors (Lipinski definition) is 0. The summed E-state index contributed by atoms with van der Waals surface area (Å²) in [6, 6.07) is 71.7. The van der Waals surface area contributed by atoms with Gasteiger partial charge in [0.1, 0.15) is 11.5 Å². The Morgan fingerprint density at radius 2 is 0.855 bits per heavy atom. The molecule has 288 valence electrons. The van der Waals surface area contributed by atoms with E-state index >= 15 is 0 Å². The van der Waals surface area contributed by atoms with Crippen molar-refractivity contribution in [2.45, 2.75) is 5.41 Å². The Hall–Kier alpha value is -8.46. The molecule has 0 N–H and O–H groups in total. The van der Waals surface area contributed by atoms with E-state index in [4.69, 9.17) is 26.3 Å². The van der Waals surface area contributed by atoms with Gasteiger partial charge < -0.3 is 4.74 Å².